The number of hydrogen-bond donors (Lipinski definition) is 1. The lowest BCUT2D eigenvalue weighted by Gasteiger charge is -2.41. The Balaban J connectivity index is 2.41. The number of carbonyl (C=O) groups is 3. The first-order valence-electron chi connectivity index (χ1n) is 6.70. The number of nitrogens with zero attached hydrogens (tertiary/aromatic N) is 1. The zero-order chi connectivity index (χ0) is 15.1. The second kappa shape index (κ2) is 5.24. The number of carbonyl (C=O) groups excluding carboxylic acids is 3. The molecule has 1 atom stereocenters. The second-order valence-electron chi connectivity index (χ2n) is 5.95. The van der Waals surface area contributed by atoms with Crippen LogP contribution in [0.5, 0.6) is 0 Å². The summed E-state index contributed by atoms with van der Waals surface area (Å²) < 4.78 is 5.05. The van der Waals surface area contributed by atoms with E-state index in [-0.39, 0.29) is 24.5 Å². The fraction of sp³-hybridized carbons (Fsp3) is 0.643. The molecule has 20 heavy (non-hydrogen) atoms. The van der Waals surface area contributed by atoms with Gasteiger partial charge in [-0.3, -0.25) is 14.4 Å². The second-order valence-corrected chi connectivity index (χ2v) is 6.13. The zero-order valence-corrected chi connectivity index (χ0v) is 12.8. The van der Waals surface area contributed by atoms with Crippen molar-refractivity contribution in [2.24, 2.45) is 11.3 Å². The van der Waals surface area contributed by atoms with Gasteiger partial charge < -0.3 is 9.08 Å². The van der Waals surface area contributed by atoms with E-state index in [1.807, 2.05) is 13.8 Å². The van der Waals surface area contributed by atoms with Crippen molar-refractivity contribution in [3.05, 3.63) is 11.3 Å². The minimum atomic E-state index is -0.933. The van der Waals surface area contributed by atoms with Crippen molar-refractivity contribution in [1.29, 1.82) is 0 Å². The van der Waals surface area contributed by atoms with Crippen molar-refractivity contribution in [3.8, 4) is 0 Å². The lowest BCUT2D eigenvalue weighted by atomic mass is 9.65. The number of likely N-dealkylation sites (N-methyl/N-ethyl adjacent to an activating group) is 1. The Morgan fingerprint density at radius 2 is 1.90 bits per heavy atom. The maximum atomic E-state index is 12.4. The first-order chi connectivity index (χ1) is 9.32. The molecule has 1 unspecified atom stereocenters. The fourth-order valence-corrected chi connectivity index (χ4v) is 3.25. The Morgan fingerprint density at radius 3 is 2.45 bits per heavy atom. The third-order valence-corrected chi connectivity index (χ3v) is 4.46. The smallest absolute Gasteiger partial charge is 0.290 e. The van der Waals surface area contributed by atoms with Crippen LogP contribution in [0.1, 0.15) is 33.1 Å². The molecule has 5 nitrogen and oxygen atoms in total. The SMILES string of the molecule is CC(C)C1=C(OS)CC2(CCN(C)C(=O)C2=O)CC1=O. The van der Waals surface area contributed by atoms with Crippen LogP contribution in [-0.4, -0.2) is 36.0 Å². The molecule has 1 spiro atoms. The van der Waals surface area contributed by atoms with Crippen molar-refractivity contribution >= 4 is 30.4 Å². The number of thiol groups is 1. The van der Waals surface area contributed by atoms with Crippen molar-refractivity contribution in [1.82, 2.24) is 4.90 Å². The molecule has 1 aliphatic heterocycles. The third-order valence-electron chi connectivity index (χ3n) is 4.23. The summed E-state index contributed by atoms with van der Waals surface area (Å²) in [5.41, 5.74) is -0.346. The molecule has 0 radical (unpaired) electrons. The standard InChI is InChI=1S/C14H19NO4S/c1-8(2)11-9(16)6-14(7-10(11)19-20)4-5-15(3)13(18)12(14)17/h8,20H,4-7H2,1-3H3. The number of likely N-dealkylation sites (tertiary alicyclic amines) is 1. The number of ketones is 2. The molecule has 0 saturated carbocycles. The molecule has 2 rings (SSSR count). The zero-order valence-electron chi connectivity index (χ0n) is 11.9. The molecule has 0 aromatic rings. The Kier molecular flexibility index (Phi) is 3.95. The molecule has 2 aliphatic rings. The van der Waals surface area contributed by atoms with Gasteiger partial charge in [0, 0.05) is 44.9 Å². The van der Waals surface area contributed by atoms with E-state index in [1.165, 1.54) is 4.90 Å². The maximum Gasteiger partial charge on any atom is 0.290 e. The normalized spacial score (nSPS) is 27.9. The van der Waals surface area contributed by atoms with Gasteiger partial charge in [0.05, 0.1) is 5.41 Å². The van der Waals surface area contributed by atoms with E-state index in [9.17, 15) is 14.4 Å². The van der Waals surface area contributed by atoms with Gasteiger partial charge in [-0.05, 0) is 12.3 Å². The highest BCUT2D eigenvalue weighted by Gasteiger charge is 2.51. The van der Waals surface area contributed by atoms with Crippen LogP contribution in [-0.2, 0) is 18.6 Å². The highest BCUT2D eigenvalue weighted by molar-refractivity contribution is 7.75. The lowest BCUT2D eigenvalue weighted by Crippen LogP contribution is -2.53. The van der Waals surface area contributed by atoms with E-state index in [2.05, 4.69) is 12.9 Å². The Hall–Kier alpha value is -1.30. The Morgan fingerprint density at radius 1 is 1.25 bits per heavy atom. The summed E-state index contributed by atoms with van der Waals surface area (Å²) in [6.07, 6.45) is 0.875. The molecular formula is C14H19NO4S. The Labute approximate surface area is 124 Å². The maximum absolute atomic E-state index is 12.4. The summed E-state index contributed by atoms with van der Waals surface area (Å²) in [6, 6.07) is 0. The van der Waals surface area contributed by atoms with Crippen molar-refractivity contribution in [2.45, 2.75) is 33.1 Å². The first kappa shape index (κ1) is 15.1. The average molecular weight is 297 g/mol. The van der Waals surface area contributed by atoms with Gasteiger partial charge in [-0.2, -0.15) is 0 Å². The minimum Gasteiger partial charge on any atom is -0.433 e. The van der Waals surface area contributed by atoms with Crippen LogP contribution in [0.25, 0.3) is 0 Å². The largest absolute Gasteiger partial charge is 0.433 e. The number of Topliss-reactive ketones (excluding diaryl/α,β-unsaturated/α-hetero) is 2. The average Bonchev–Trinajstić information content (AvgIpc) is 2.40. The van der Waals surface area contributed by atoms with E-state index in [0.717, 1.165) is 0 Å². The van der Waals surface area contributed by atoms with Crippen LogP contribution in [0.15, 0.2) is 11.3 Å². The highest BCUT2D eigenvalue weighted by Crippen LogP contribution is 2.45. The van der Waals surface area contributed by atoms with Crippen LogP contribution in [0.4, 0.5) is 0 Å². The summed E-state index contributed by atoms with van der Waals surface area (Å²) in [5, 5.41) is 0. The third kappa shape index (κ3) is 2.26. The van der Waals surface area contributed by atoms with E-state index < -0.39 is 17.1 Å². The predicted molar refractivity (Wildman–Crippen MR) is 75.9 cm³/mol. The predicted octanol–water partition coefficient (Wildman–Crippen LogP) is 1.54. The molecule has 110 valence electrons. The lowest BCUT2D eigenvalue weighted by molar-refractivity contribution is -0.155. The van der Waals surface area contributed by atoms with Gasteiger partial charge in [0.25, 0.3) is 5.91 Å². The van der Waals surface area contributed by atoms with E-state index in [4.69, 9.17) is 4.18 Å². The minimum absolute atomic E-state index is 0.0130. The molecule has 1 amide bonds. The molecular weight excluding hydrogens is 278 g/mol. The van der Waals surface area contributed by atoms with Gasteiger partial charge >= 0.3 is 0 Å². The van der Waals surface area contributed by atoms with Crippen molar-refractivity contribution in [3.63, 3.8) is 0 Å². The van der Waals surface area contributed by atoms with Crippen molar-refractivity contribution < 1.29 is 18.6 Å². The first-order valence-corrected chi connectivity index (χ1v) is 7.06. The molecule has 1 fully saturated rings. The van der Waals surface area contributed by atoms with Gasteiger partial charge in [0.2, 0.25) is 5.78 Å². The Bertz CT molecular complexity index is 511. The van der Waals surface area contributed by atoms with Gasteiger partial charge in [-0.25, -0.2) is 0 Å². The molecule has 0 aromatic carbocycles. The van der Waals surface area contributed by atoms with Crippen LogP contribution < -0.4 is 0 Å². The topological polar surface area (TPSA) is 63.7 Å². The number of piperidine rings is 1. The van der Waals surface area contributed by atoms with E-state index in [1.54, 1.807) is 7.05 Å². The summed E-state index contributed by atoms with van der Waals surface area (Å²) in [5.74, 6) is -0.661. The molecule has 0 bridgehead atoms. The quantitative estimate of drug-likeness (QED) is 0.477. The summed E-state index contributed by atoms with van der Waals surface area (Å²) in [7, 11) is 1.60. The summed E-state index contributed by atoms with van der Waals surface area (Å²) in [4.78, 5) is 38.0. The van der Waals surface area contributed by atoms with E-state index in [0.29, 0.717) is 24.3 Å². The molecule has 0 aromatic heterocycles. The van der Waals surface area contributed by atoms with Gasteiger partial charge in [0.15, 0.2) is 5.78 Å². The number of allylic oxidation sites excluding steroid dienone is 2. The van der Waals surface area contributed by atoms with Gasteiger partial charge in [-0.1, -0.05) is 13.8 Å². The van der Waals surface area contributed by atoms with Gasteiger partial charge in [-0.15, -0.1) is 0 Å². The molecule has 1 aliphatic carbocycles. The van der Waals surface area contributed by atoms with Gasteiger partial charge in [0.1, 0.15) is 5.76 Å². The summed E-state index contributed by atoms with van der Waals surface area (Å²) >= 11 is 3.81. The molecule has 1 heterocycles. The number of rotatable bonds is 2. The molecule has 6 heteroatoms. The van der Waals surface area contributed by atoms with Crippen LogP contribution in [0.3, 0.4) is 0 Å². The van der Waals surface area contributed by atoms with Crippen LogP contribution in [0, 0.1) is 11.3 Å². The fourth-order valence-electron chi connectivity index (χ4n) is 3.08. The highest BCUT2D eigenvalue weighted by atomic mass is 32.1. The molecule has 0 N–H and O–H groups in total. The van der Waals surface area contributed by atoms with Crippen LogP contribution in [0.2, 0.25) is 0 Å². The van der Waals surface area contributed by atoms with Crippen LogP contribution >= 0.6 is 12.9 Å². The number of amides is 1. The van der Waals surface area contributed by atoms with Crippen molar-refractivity contribution in [2.75, 3.05) is 13.6 Å². The monoisotopic (exact) mass is 297 g/mol. The van der Waals surface area contributed by atoms with E-state index >= 15 is 0 Å². The number of hydrogen-bond acceptors (Lipinski definition) is 5. The summed E-state index contributed by atoms with van der Waals surface area (Å²) in [6.45, 7) is 4.29. The molecule has 1 saturated heterocycles.